The zero-order chi connectivity index (χ0) is 17.5. The second-order valence-electron chi connectivity index (χ2n) is 6.89. The summed E-state index contributed by atoms with van der Waals surface area (Å²) >= 11 is 3.47. The Morgan fingerprint density at radius 2 is 2.12 bits per heavy atom. The highest BCUT2D eigenvalue weighted by atomic mass is 79.9. The molecule has 3 rings (SSSR count). The molecule has 1 aromatic rings. The van der Waals surface area contributed by atoms with E-state index in [0.29, 0.717) is 13.2 Å². The fourth-order valence-electron chi connectivity index (χ4n) is 3.33. The van der Waals surface area contributed by atoms with E-state index in [4.69, 9.17) is 4.74 Å². The fraction of sp³-hybridized carbons (Fsp3) is 0.529. The van der Waals surface area contributed by atoms with Crippen molar-refractivity contribution >= 4 is 27.9 Å². The first-order valence-corrected chi connectivity index (χ1v) is 8.92. The van der Waals surface area contributed by atoms with E-state index in [-0.39, 0.29) is 17.9 Å². The summed E-state index contributed by atoms with van der Waals surface area (Å²) in [4.78, 5) is 27.3. The summed E-state index contributed by atoms with van der Waals surface area (Å²) in [5.41, 5.74) is 0.312. The molecule has 1 heterocycles. The number of carbonyl (C=O) groups excluding carboxylic acids is 2. The van der Waals surface area contributed by atoms with Crippen molar-refractivity contribution in [2.24, 2.45) is 5.92 Å². The number of urea groups is 1. The third-order valence-electron chi connectivity index (χ3n) is 4.86. The lowest BCUT2D eigenvalue weighted by Gasteiger charge is -2.23. The Kier molecular flexibility index (Phi) is 4.57. The molecule has 0 aromatic heterocycles. The van der Waals surface area contributed by atoms with Gasteiger partial charge in [0.25, 0.3) is 5.91 Å². The van der Waals surface area contributed by atoms with Crippen molar-refractivity contribution in [1.29, 1.82) is 0 Å². The number of quaternary nitrogens is 1. The van der Waals surface area contributed by atoms with E-state index < -0.39 is 5.54 Å². The third-order valence-corrected chi connectivity index (χ3v) is 5.35. The Morgan fingerprint density at radius 3 is 2.75 bits per heavy atom. The predicted octanol–water partition coefficient (Wildman–Crippen LogP) is 1.15. The molecule has 2 N–H and O–H groups in total. The Morgan fingerprint density at radius 1 is 1.42 bits per heavy atom. The van der Waals surface area contributed by atoms with Crippen LogP contribution in [0.3, 0.4) is 0 Å². The van der Waals surface area contributed by atoms with Crippen molar-refractivity contribution in [3.63, 3.8) is 0 Å². The molecule has 7 heteroatoms. The topological polar surface area (TPSA) is 63.1 Å². The highest BCUT2D eigenvalue weighted by Crippen LogP contribution is 2.42. The standard InChI is InChI=1S/C17H22BrN3O3/c1-17(12-4-5-12)15(22)21(16(23)19-17)10-20(2)9-11-8-13(18)6-7-14(11)24-3/h6-8,12H,4-5,9-10H2,1-3H3,(H,19,23)/p+1/t17-/m0/s1. The normalized spacial score (nSPS) is 24.9. The van der Waals surface area contributed by atoms with Crippen LogP contribution in [0.25, 0.3) is 0 Å². The number of benzene rings is 1. The van der Waals surface area contributed by atoms with E-state index in [9.17, 15) is 9.59 Å². The maximum absolute atomic E-state index is 12.7. The quantitative estimate of drug-likeness (QED) is 0.708. The minimum Gasteiger partial charge on any atom is -0.496 e. The molecule has 1 aliphatic carbocycles. The zero-order valence-electron chi connectivity index (χ0n) is 14.2. The van der Waals surface area contributed by atoms with Gasteiger partial charge in [0.1, 0.15) is 17.8 Å². The molecule has 1 saturated carbocycles. The smallest absolute Gasteiger partial charge is 0.329 e. The number of ether oxygens (including phenoxy) is 1. The average Bonchev–Trinajstić information content (AvgIpc) is 3.34. The molecule has 24 heavy (non-hydrogen) atoms. The molecule has 6 nitrogen and oxygen atoms in total. The molecular weight excluding hydrogens is 374 g/mol. The summed E-state index contributed by atoms with van der Waals surface area (Å²) in [5.74, 6) is 0.984. The summed E-state index contributed by atoms with van der Waals surface area (Å²) in [6, 6.07) is 5.55. The third kappa shape index (κ3) is 3.15. The molecule has 1 aromatic carbocycles. The molecule has 1 unspecified atom stereocenters. The van der Waals surface area contributed by atoms with Crippen molar-refractivity contribution in [2.45, 2.75) is 31.8 Å². The van der Waals surface area contributed by atoms with Gasteiger partial charge in [-0.3, -0.25) is 4.79 Å². The summed E-state index contributed by atoms with van der Waals surface area (Å²) in [7, 11) is 3.61. The highest BCUT2D eigenvalue weighted by molar-refractivity contribution is 9.10. The van der Waals surface area contributed by atoms with E-state index in [1.165, 1.54) is 4.90 Å². The van der Waals surface area contributed by atoms with Crippen LogP contribution in [0.2, 0.25) is 0 Å². The van der Waals surface area contributed by atoms with Crippen LogP contribution >= 0.6 is 15.9 Å². The van der Waals surface area contributed by atoms with Gasteiger partial charge in [-0.15, -0.1) is 0 Å². The highest BCUT2D eigenvalue weighted by Gasteiger charge is 2.56. The van der Waals surface area contributed by atoms with Crippen molar-refractivity contribution < 1.29 is 19.2 Å². The molecule has 2 atom stereocenters. The molecular formula is C17H23BrN3O3+. The maximum Gasteiger partial charge on any atom is 0.329 e. The van der Waals surface area contributed by atoms with E-state index in [0.717, 1.165) is 33.5 Å². The molecule has 3 amide bonds. The van der Waals surface area contributed by atoms with Gasteiger partial charge in [-0.2, -0.15) is 0 Å². The lowest BCUT2D eigenvalue weighted by Crippen LogP contribution is -3.09. The number of carbonyl (C=O) groups is 2. The molecule has 2 aliphatic rings. The number of rotatable bonds is 6. The number of nitrogens with zero attached hydrogens (tertiary/aromatic N) is 1. The van der Waals surface area contributed by atoms with Gasteiger partial charge in [0, 0.05) is 10.0 Å². The number of halogens is 1. The molecule has 0 radical (unpaired) electrons. The largest absolute Gasteiger partial charge is 0.496 e. The Labute approximate surface area is 150 Å². The van der Waals surface area contributed by atoms with Crippen LogP contribution < -0.4 is 15.0 Å². The Hall–Kier alpha value is -1.60. The first kappa shape index (κ1) is 17.2. The van der Waals surface area contributed by atoms with Crippen LogP contribution in [-0.4, -0.2) is 43.2 Å². The fourth-order valence-corrected chi connectivity index (χ4v) is 3.74. The Bertz CT molecular complexity index is 677. The first-order valence-electron chi connectivity index (χ1n) is 8.13. The second-order valence-corrected chi connectivity index (χ2v) is 7.80. The number of nitrogens with one attached hydrogen (secondary N) is 2. The first-order chi connectivity index (χ1) is 11.3. The van der Waals surface area contributed by atoms with Gasteiger partial charge < -0.3 is 15.0 Å². The van der Waals surface area contributed by atoms with Gasteiger partial charge in [-0.1, -0.05) is 15.9 Å². The van der Waals surface area contributed by atoms with Crippen molar-refractivity contribution in [2.75, 3.05) is 20.8 Å². The molecule has 1 saturated heterocycles. The van der Waals surface area contributed by atoms with Gasteiger partial charge in [-0.25, -0.2) is 9.69 Å². The van der Waals surface area contributed by atoms with Crippen LogP contribution in [0, 0.1) is 5.92 Å². The van der Waals surface area contributed by atoms with E-state index in [1.807, 2.05) is 32.2 Å². The van der Waals surface area contributed by atoms with Crippen molar-refractivity contribution in [3.8, 4) is 5.75 Å². The van der Waals surface area contributed by atoms with Gasteiger partial charge in [-0.05, 0) is 43.9 Å². The van der Waals surface area contributed by atoms with E-state index in [2.05, 4.69) is 21.2 Å². The van der Waals surface area contributed by atoms with Crippen LogP contribution in [0.5, 0.6) is 5.75 Å². The summed E-state index contributed by atoms with van der Waals surface area (Å²) in [6.07, 6.45) is 2.02. The van der Waals surface area contributed by atoms with E-state index in [1.54, 1.807) is 7.11 Å². The summed E-state index contributed by atoms with van der Waals surface area (Å²) in [6.45, 7) is 2.83. The lowest BCUT2D eigenvalue weighted by atomic mass is 9.96. The zero-order valence-corrected chi connectivity index (χ0v) is 15.8. The predicted molar refractivity (Wildman–Crippen MR) is 92.7 cm³/mol. The van der Waals surface area contributed by atoms with Gasteiger partial charge in [0.15, 0.2) is 6.67 Å². The molecule has 0 bridgehead atoms. The molecule has 130 valence electrons. The number of hydrogen-bond donors (Lipinski definition) is 2. The van der Waals surface area contributed by atoms with Gasteiger partial charge >= 0.3 is 6.03 Å². The molecule has 0 spiro atoms. The maximum atomic E-state index is 12.7. The number of amides is 3. The summed E-state index contributed by atoms with van der Waals surface area (Å²) < 4.78 is 6.37. The Balaban J connectivity index is 1.69. The van der Waals surface area contributed by atoms with Gasteiger partial charge in [0.05, 0.1) is 14.2 Å². The SMILES string of the molecule is COc1ccc(Br)cc1C[NH+](C)CN1C(=O)N[C@@](C)(C2CC2)C1=O. The molecule has 2 fully saturated rings. The minimum atomic E-state index is -0.717. The minimum absolute atomic E-state index is 0.101. The van der Waals surface area contributed by atoms with E-state index >= 15 is 0 Å². The average molecular weight is 397 g/mol. The van der Waals surface area contributed by atoms with Crippen LogP contribution in [0.1, 0.15) is 25.3 Å². The summed E-state index contributed by atoms with van der Waals surface area (Å²) in [5, 5.41) is 2.88. The number of hydrogen-bond acceptors (Lipinski definition) is 3. The molecule has 1 aliphatic heterocycles. The van der Waals surface area contributed by atoms with Crippen LogP contribution in [-0.2, 0) is 11.3 Å². The lowest BCUT2D eigenvalue weighted by molar-refractivity contribution is -0.901. The second kappa shape index (κ2) is 6.37. The number of methoxy groups -OCH3 is 1. The van der Waals surface area contributed by atoms with Crippen molar-refractivity contribution in [1.82, 2.24) is 10.2 Å². The van der Waals surface area contributed by atoms with Gasteiger partial charge in [0.2, 0.25) is 0 Å². The number of imide groups is 1. The van der Waals surface area contributed by atoms with Crippen LogP contribution in [0.15, 0.2) is 22.7 Å². The van der Waals surface area contributed by atoms with Crippen molar-refractivity contribution in [3.05, 3.63) is 28.2 Å². The van der Waals surface area contributed by atoms with Crippen LogP contribution in [0.4, 0.5) is 4.79 Å². The monoisotopic (exact) mass is 396 g/mol.